The average Bonchev–Trinajstić information content (AvgIpc) is 3.35. The lowest BCUT2D eigenvalue weighted by Crippen LogP contribution is -2.37. The van der Waals surface area contributed by atoms with Crippen LogP contribution in [0.3, 0.4) is 0 Å². The van der Waals surface area contributed by atoms with Crippen LogP contribution in [0.5, 0.6) is 0 Å². The van der Waals surface area contributed by atoms with Crippen LogP contribution in [0.1, 0.15) is 23.6 Å². The minimum atomic E-state index is 0.483. The number of aromatic nitrogens is 2. The van der Waals surface area contributed by atoms with Gasteiger partial charge in [-0.05, 0) is 36.4 Å². The molecule has 7 heterocycles. The number of pyridine rings is 2. The van der Waals surface area contributed by atoms with Gasteiger partial charge in [-0.25, -0.2) is 0 Å². The molecule has 5 nitrogen and oxygen atoms in total. The Morgan fingerprint density at radius 2 is 1.92 bits per heavy atom. The second-order valence-corrected chi connectivity index (χ2v) is 7.57. The summed E-state index contributed by atoms with van der Waals surface area (Å²) in [6.45, 7) is 0.976. The SMILES string of the molecule is C1=CC2=C(CN1)CC1C3c4c(cncc4N4c5cccnc5CC34)N21. The number of dihydropyridines is 1. The summed E-state index contributed by atoms with van der Waals surface area (Å²) in [7, 11) is 0. The molecular weight excluding hydrogens is 310 g/mol. The lowest BCUT2D eigenvalue weighted by atomic mass is 9.87. The Morgan fingerprint density at radius 1 is 1.04 bits per heavy atom. The van der Waals surface area contributed by atoms with Crippen molar-refractivity contribution in [3.05, 3.63) is 65.5 Å². The van der Waals surface area contributed by atoms with E-state index in [0.717, 1.165) is 19.4 Å². The van der Waals surface area contributed by atoms with Gasteiger partial charge < -0.3 is 15.1 Å². The van der Waals surface area contributed by atoms with Crippen LogP contribution in [-0.4, -0.2) is 28.6 Å². The first-order valence-electron chi connectivity index (χ1n) is 9.04. The fraction of sp³-hybridized carbons (Fsp3) is 0.300. The Kier molecular flexibility index (Phi) is 2.03. The Labute approximate surface area is 145 Å². The Balaban J connectivity index is 1.45. The van der Waals surface area contributed by atoms with E-state index in [1.807, 2.05) is 6.20 Å². The molecule has 7 rings (SSSR count). The number of anilines is 3. The summed E-state index contributed by atoms with van der Waals surface area (Å²) >= 11 is 0. The van der Waals surface area contributed by atoms with E-state index >= 15 is 0 Å². The van der Waals surface area contributed by atoms with Gasteiger partial charge in [-0.15, -0.1) is 0 Å². The van der Waals surface area contributed by atoms with Crippen molar-refractivity contribution >= 4 is 17.1 Å². The molecule has 0 saturated carbocycles. The van der Waals surface area contributed by atoms with E-state index in [4.69, 9.17) is 0 Å². The first-order chi connectivity index (χ1) is 12.4. The normalized spacial score (nSPS) is 29.4. The van der Waals surface area contributed by atoms with E-state index < -0.39 is 0 Å². The van der Waals surface area contributed by atoms with Gasteiger partial charge in [0.05, 0.1) is 35.1 Å². The summed E-state index contributed by atoms with van der Waals surface area (Å²) < 4.78 is 0. The molecule has 5 aliphatic rings. The maximum Gasteiger partial charge on any atom is 0.0661 e. The fourth-order valence-corrected chi connectivity index (χ4v) is 5.76. The van der Waals surface area contributed by atoms with Gasteiger partial charge in [0, 0.05) is 48.4 Å². The zero-order valence-electron chi connectivity index (χ0n) is 13.7. The number of allylic oxidation sites excluding steroid dienone is 1. The first-order valence-corrected chi connectivity index (χ1v) is 9.04. The van der Waals surface area contributed by atoms with Crippen molar-refractivity contribution in [1.29, 1.82) is 0 Å². The number of nitrogens with one attached hydrogen (secondary N) is 1. The topological polar surface area (TPSA) is 44.3 Å². The van der Waals surface area contributed by atoms with Gasteiger partial charge in [0.15, 0.2) is 0 Å². The fourth-order valence-electron chi connectivity index (χ4n) is 5.76. The number of nitrogens with zero attached hydrogens (tertiary/aromatic N) is 4. The van der Waals surface area contributed by atoms with E-state index in [9.17, 15) is 0 Å². The molecule has 1 N–H and O–H groups in total. The van der Waals surface area contributed by atoms with Gasteiger partial charge in [-0.2, -0.15) is 0 Å². The van der Waals surface area contributed by atoms with Crippen molar-refractivity contribution in [1.82, 2.24) is 15.3 Å². The lowest BCUT2D eigenvalue weighted by Gasteiger charge is -2.30. The molecule has 0 bridgehead atoms. The average molecular weight is 327 g/mol. The highest BCUT2D eigenvalue weighted by Crippen LogP contribution is 2.62. The second kappa shape index (κ2) is 4.04. The molecule has 122 valence electrons. The number of rotatable bonds is 0. The highest BCUT2D eigenvalue weighted by atomic mass is 15.3. The van der Waals surface area contributed by atoms with Gasteiger partial charge >= 0.3 is 0 Å². The summed E-state index contributed by atoms with van der Waals surface area (Å²) in [6.07, 6.45) is 12.6. The standard InChI is InChI=1S/C20H17N5/c1-2-14-12(23-4-1)7-16-19-15-6-11-8-21-5-3-13(11)24(15)17-9-22-10-18(20(17)19)25(14)16/h1-5,9-10,15-16,19,21H,6-8H2. The van der Waals surface area contributed by atoms with E-state index in [1.165, 1.54) is 39.6 Å². The predicted octanol–water partition coefficient (Wildman–Crippen LogP) is 2.60. The highest BCUT2D eigenvalue weighted by molar-refractivity contribution is 5.86. The van der Waals surface area contributed by atoms with Gasteiger partial charge in [0.2, 0.25) is 0 Å². The molecule has 0 aliphatic carbocycles. The maximum atomic E-state index is 4.65. The minimum Gasteiger partial charge on any atom is -0.387 e. The number of hydrogen-bond donors (Lipinski definition) is 1. The van der Waals surface area contributed by atoms with Crippen LogP contribution < -0.4 is 15.1 Å². The Hall–Kier alpha value is -2.82. The van der Waals surface area contributed by atoms with Gasteiger partial charge in [0.25, 0.3) is 0 Å². The third-order valence-electron chi connectivity index (χ3n) is 6.57. The van der Waals surface area contributed by atoms with Crippen LogP contribution in [-0.2, 0) is 6.42 Å². The zero-order valence-corrected chi connectivity index (χ0v) is 13.7. The van der Waals surface area contributed by atoms with Crippen molar-refractivity contribution < 1.29 is 0 Å². The van der Waals surface area contributed by atoms with Crippen molar-refractivity contribution in [2.45, 2.75) is 30.8 Å². The van der Waals surface area contributed by atoms with E-state index in [2.05, 4.69) is 61.9 Å². The minimum absolute atomic E-state index is 0.483. The molecule has 0 saturated heterocycles. The Morgan fingerprint density at radius 3 is 2.88 bits per heavy atom. The summed E-state index contributed by atoms with van der Waals surface area (Å²) in [4.78, 5) is 14.4. The monoisotopic (exact) mass is 327 g/mol. The Bertz CT molecular complexity index is 1010. The van der Waals surface area contributed by atoms with Crippen LogP contribution in [0.4, 0.5) is 17.1 Å². The van der Waals surface area contributed by atoms with E-state index in [0.29, 0.717) is 18.0 Å². The van der Waals surface area contributed by atoms with Gasteiger partial charge in [-0.3, -0.25) is 9.97 Å². The number of fused-ring (bicyclic) bond motifs is 9. The molecule has 2 aromatic rings. The van der Waals surface area contributed by atoms with Gasteiger partial charge in [0.1, 0.15) is 0 Å². The van der Waals surface area contributed by atoms with Crippen LogP contribution in [0, 0.1) is 0 Å². The summed E-state index contributed by atoms with van der Waals surface area (Å²) in [5.41, 5.74) is 9.58. The molecule has 3 unspecified atom stereocenters. The van der Waals surface area contributed by atoms with Crippen LogP contribution in [0.15, 0.2) is 54.3 Å². The molecule has 0 spiro atoms. The molecular formula is C20H17N5. The molecule has 0 fully saturated rings. The smallest absolute Gasteiger partial charge is 0.0661 e. The molecule has 2 aromatic heterocycles. The first kappa shape index (κ1) is 12.5. The lowest BCUT2D eigenvalue weighted by molar-refractivity contribution is 0.497. The number of hydrogen-bond acceptors (Lipinski definition) is 5. The van der Waals surface area contributed by atoms with Crippen molar-refractivity contribution in [2.75, 3.05) is 16.3 Å². The largest absolute Gasteiger partial charge is 0.387 e. The maximum absolute atomic E-state index is 4.65. The molecule has 25 heavy (non-hydrogen) atoms. The van der Waals surface area contributed by atoms with E-state index in [-0.39, 0.29) is 0 Å². The van der Waals surface area contributed by atoms with Crippen molar-refractivity contribution in [3.63, 3.8) is 0 Å². The molecule has 3 atom stereocenters. The van der Waals surface area contributed by atoms with Crippen LogP contribution in [0.2, 0.25) is 0 Å². The van der Waals surface area contributed by atoms with Crippen LogP contribution in [0.25, 0.3) is 0 Å². The van der Waals surface area contributed by atoms with Gasteiger partial charge in [-0.1, -0.05) is 0 Å². The quantitative estimate of drug-likeness (QED) is 0.806. The molecule has 0 amide bonds. The molecule has 0 aromatic carbocycles. The van der Waals surface area contributed by atoms with Crippen molar-refractivity contribution in [2.24, 2.45) is 0 Å². The molecule has 0 radical (unpaired) electrons. The molecule has 5 aliphatic heterocycles. The summed E-state index contributed by atoms with van der Waals surface area (Å²) in [5.74, 6) is 0.543. The third-order valence-corrected chi connectivity index (χ3v) is 6.57. The zero-order chi connectivity index (χ0) is 16.1. The molecule has 5 heteroatoms. The summed E-state index contributed by atoms with van der Waals surface area (Å²) in [5, 5.41) is 3.37. The van der Waals surface area contributed by atoms with Crippen molar-refractivity contribution in [3.8, 4) is 0 Å². The predicted molar refractivity (Wildman–Crippen MR) is 95.9 cm³/mol. The second-order valence-electron chi connectivity index (χ2n) is 7.57. The van der Waals surface area contributed by atoms with E-state index in [1.54, 1.807) is 0 Å². The van der Waals surface area contributed by atoms with Crippen LogP contribution >= 0.6 is 0 Å². The summed E-state index contributed by atoms with van der Waals surface area (Å²) in [6, 6.07) is 5.27. The highest BCUT2D eigenvalue weighted by Gasteiger charge is 2.56. The third kappa shape index (κ3) is 1.31.